The highest BCUT2D eigenvalue weighted by molar-refractivity contribution is 5.80. The number of aliphatic imine (C=N–C) groups is 1. The third kappa shape index (κ3) is 4.85. The van der Waals surface area contributed by atoms with Crippen LogP contribution in [-0.2, 0) is 17.7 Å². The zero-order valence-corrected chi connectivity index (χ0v) is 17.3. The molecule has 2 fully saturated rings. The number of ether oxygens (including phenoxy) is 1. The predicted molar refractivity (Wildman–Crippen MR) is 114 cm³/mol. The first kappa shape index (κ1) is 19.7. The minimum absolute atomic E-state index is 0.649. The van der Waals surface area contributed by atoms with Gasteiger partial charge in [-0.1, -0.05) is 24.3 Å². The fourth-order valence-electron chi connectivity index (χ4n) is 4.76. The van der Waals surface area contributed by atoms with Crippen molar-refractivity contribution in [2.45, 2.75) is 31.8 Å². The van der Waals surface area contributed by atoms with E-state index in [1.54, 1.807) is 0 Å². The third-order valence-electron chi connectivity index (χ3n) is 6.38. The zero-order valence-electron chi connectivity index (χ0n) is 17.3. The van der Waals surface area contributed by atoms with Gasteiger partial charge in [-0.3, -0.25) is 14.8 Å². The molecule has 3 aliphatic heterocycles. The highest BCUT2D eigenvalue weighted by Gasteiger charge is 2.30. The number of rotatable bonds is 5. The van der Waals surface area contributed by atoms with E-state index in [1.807, 2.05) is 7.05 Å². The summed E-state index contributed by atoms with van der Waals surface area (Å²) in [6.45, 7) is 10.5. The second-order valence-electron chi connectivity index (χ2n) is 8.16. The number of fused-ring (bicyclic) bond motifs is 1. The number of likely N-dealkylation sites (tertiary alicyclic amines) is 1. The standard InChI is InChI=1S/C22H35N5O/c1-23-22(27-12-8-21(18-27)26-13-15-28-16-14-26)24-9-4-10-25-11-7-19-5-2-3-6-20(19)17-25/h2-3,5-6,21H,4,7-18H2,1H3,(H,23,24). The molecule has 4 rings (SSSR count). The van der Waals surface area contributed by atoms with E-state index in [-0.39, 0.29) is 0 Å². The van der Waals surface area contributed by atoms with Gasteiger partial charge in [0.05, 0.1) is 13.2 Å². The Balaban J connectivity index is 1.17. The van der Waals surface area contributed by atoms with Crippen molar-refractivity contribution in [1.29, 1.82) is 0 Å². The van der Waals surface area contributed by atoms with E-state index in [2.05, 4.69) is 49.3 Å². The SMILES string of the molecule is CN=C(NCCCN1CCc2ccccc2C1)N1CCC(N2CCOCC2)C1. The minimum atomic E-state index is 0.649. The maximum atomic E-state index is 5.49. The molecule has 0 saturated carbocycles. The van der Waals surface area contributed by atoms with Crippen molar-refractivity contribution in [3.63, 3.8) is 0 Å². The van der Waals surface area contributed by atoms with Crippen molar-refractivity contribution in [2.24, 2.45) is 4.99 Å². The molecule has 3 aliphatic rings. The Kier molecular flexibility index (Phi) is 6.83. The third-order valence-corrected chi connectivity index (χ3v) is 6.38. The molecular formula is C22H35N5O. The maximum absolute atomic E-state index is 5.49. The zero-order chi connectivity index (χ0) is 19.2. The number of hydrogen-bond acceptors (Lipinski definition) is 4. The Labute approximate surface area is 169 Å². The van der Waals surface area contributed by atoms with Gasteiger partial charge in [0.2, 0.25) is 0 Å². The molecule has 0 spiro atoms. The fraction of sp³-hybridized carbons (Fsp3) is 0.682. The molecule has 0 amide bonds. The predicted octanol–water partition coefficient (Wildman–Crippen LogP) is 1.42. The molecule has 1 atom stereocenters. The maximum Gasteiger partial charge on any atom is 0.193 e. The summed E-state index contributed by atoms with van der Waals surface area (Å²) in [5, 5.41) is 3.60. The summed E-state index contributed by atoms with van der Waals surface area (Å²) < 4.78 is 5.49. The summed E-state index contributed by atoms with van der Waals surface area (Å²) in [4.78, 5) is 12.1. The van der Waals surface area contributed by atoms with E-state index >= 15 is 0 Å². The Bertz CT molecular complexity index is 658. The van der Waals surface area contributed by atoms with Crippen molar-refractivity contribution < 1.29 is 4.74 Å². The van der Waals surface area contributed by atoms with Gasteiger partial charge in [-0.2, -0.15) is 0 Å². The molecule has 28 heavy (non-hydrogen) atoms. The van der Waals surface area contributed by atoms with Crippen LogP contribution in [0.4, 0.5) is 0 Å². The molecule has 1 N–H and O–H groups in total. The summed E-state index contributed by atoms with van der Waals surface area (Å²) in [6.07, 6.45) is 3.57. The monoisotopic (exact) mass is 385 g/mol. The highest BCUT2D eigenvalue weighted by atomic mass is 16.5. The molecule has 6 heteroatoms. The molecule has 6 nitrogen and oxygen atoms in total. The normalized spacial score (nSPS) is 24.4. The van der Waals surface area contributed by atoms with Gasteiger partial charge >= 0.3 is 0 Å². The van der Waals surface area contributed by atoms with Gasteiger partial charge < -0.3 is 15.0 Å². The van der Waals surface area contributed by atoms with Crippen molar-refractivity contribution >= 4 is 5.96 Å². The van der Waals surface area contributed by atoms with Crippen LogP contribution in [-0.4, -0.2) is 92.8 Å². The topological polar surface area (TPSA) is 43.3 Å². The number of hydrogen-bond donors (Lipinski definition) is 1. The van der Waals surface area contributed by atoms with Crippen LogP contribution in [0.25, 0.3) is 0 Å². The van der Waals surface area contributed by atoms with Crippen molar-refractivity contribution in [2.75, 3.05) is 66.1 Å². The second kappa shape index (κ2) is 9.72. The van der Waals surface area contributed by atoms with Crippen LogP contribution in [0.3, 0.4) is 0 Å². The molecule has 0 bridgehead atoms. The lowest BCUT2D eigenvalue weighted by Gasteiger charge is -2.32. The molecule has 1 unspecified atom stereocenters. The summed E-state index contributed by atoms with van der Waals surface area (Å²) >= 11 is 0. The summed E-state index contributed by atoms with van der Waals surface area (Å²) in [7, 11) is 1.91. The van der Waals surface area contributed by atoms with E-state index in [0.29, 0.717) is 6.04 Å². The van der Waals surface area contributed by atoms with E-state index in [4.69, 9.17) is 4.74 Å². The quantitative estimate of drug-likeness (QED) is 0.472. The van der Waals surface area contributed by atoms with Crippen molar-refractivity contribution in [3.05, 3.63) is 35.4 Å². The van der Waals surface area contributed by atoms with Crippen LogP contribution < -0.4 is 5.32 Å². The van der Waals surface area contributed by atoms with Crippen molar-refractivity contribution in [3.8, 4) is 0 Å². The molecule has 1 aromatic rings. The number of nitrogens with zero attached hydrogens (tertiary/aromatic N) is 4. The lowest BCUT2D eigenvalue weighted by atomic mass is 10.00. The van der Waals surface area contributed by atoms with Gasteiger partial charge in [0.1, 0.15) is 0 Å². The first-order valence-electron chi connectivity index (χ1n) is 10.9. The van der Waals surface area contributed by atoms with Crippen LogP contribution in [0.1, 0.15) is 24.0 Å². The number of guanidine groups is 1. The smallest absolute Gasteiger partial charge is 0.193 e. The van der Waals surface area contributed by atoms with E-state index in [0.717, 1.165) is 71.4 Å². The Hall–Kier alpha value is -1.63. The van der Waals surface area contributed by atoms with E-state index in [9.17, 15) is 0 Å². The van der Waals surface area contributed by atoms with Gasteiger partial charge in [-0.15, -0.1) is 0 Å². The van der Waals surface area contributed by atoms with Gasteiger partial charge in [0, 0.05) is 65.4 Å². The van der Waals surface area contributed by atoms with Crippen molar-refractivity contribution in [1.82, 2.24) is 20.0 Å². The van der Waals surface area contributed by atoms with Crippen LogP contribution in [0.2, 0.25) is 0 Å². The van der Waals surface area contributed by atoms with Crippen LogP contribution in [0.5, 0.6) is 0 Å². The molecule has 154 valence electrons. The Morgan fingerprint density at radius 3 is 2.79 bits per heavy atom. The van der Waals surface area contributed by atoms with E-state index < -0.39 is 0 Å². The molecule has 0 aliphatic carbocycles. The molecule has 2 saturated heterocycles. The minimum Gasteiger partial charge on any atom is -0.379 e. The molecular weight excluding hydrogens is 350 g/mol. The average molecular weight is 386 g/mol. The van der Waals surface area contributed by atoms with Gasteiger partial charge in [0.25, 0.3) is 0 Å². The summed E-state index contributed by atoms with van der Waals surface area (Å²) in [5.41, 5.74) is 3.03. The number of nitrogens with one attached hydrogen (secondary N) is 1. The highest BCUT2D eigenvalue weighted by Crippen LogP contribution is 2.19. The molecule has 3 heterocycles. The van der Waals surface area contributed by atoms with Crippen LogP contribution >= 0.6 is 0 Å². The van der Waals surface area contributed by atoms with Crippen LogP contribution in [0.15, 0.2) is 29.3 Å². The lowest BCUT2D eigenvalue weighted by Crippen LogP contribution is -2.47. The first-order valence-corrected chi connectivity index (χ1v) is 10.9. The lowest BCUT2D eigenvalue weighted by molar-refractivity contribution is 0.0195. The fourth-order valence-corrected chi connectivity index (χ4v) is 4.76. The molecule has 1 aromatic carbocycles. The first-order chi connectivity index (χ1) is 13.8. The van der Waals surface area contributed by atoms with Gasteiger partial charge in [-0.05, 0) is 30.4 Å². The molecule has 0 radical (unpaired) electrons. The van der Waals surface area contributed by atoms with Gasteiger partial charge in [0.15, 0.2) is 5.96 Å². The largest absolute Gasteiger partial charge is 0.379 e. The second-order valence-corrected chi connectivity index (χ2v) is 8.16. The Morgan fingerprint density at radius 2 is 1.96 bits per heavy atom. The number of morpholine rings is 1. The van der Waals surface area contributed by atoms with Gasteiger partial charge in [-0.25, -0.2) is 0 Å². The summed E-state index contributed by atoms with van der Waals surface area (Å²) in [6, 6.07) is 9.52. The number of benzene rings is 1. The summed E-state index contributed by atoms with van der Waals surface area (Å²) in [5.74, 6) is 1.07. The van der Waals surface area contributed by atoms with E-state index in [1.165, 1.54) is 30.5 Å². The molecule has 0 aromatic heterocycles. The average Bonchev–Trinajstić information content (AvgIpc) is 3.24. The van der Waals surface area contributed by atoms with Crippen LogP contribution in [0, 0.1) is 0 Å². The Morgan fingerprint density at radius 1 is 1.14 bits per heavy atom.